The van der Waals surface area contributed by atoms with Crippen molar-refractivity contribution in [1.82, 2.24) is 10.1 Å². The highest BCUT2D eigenvalue weighted by Gasteiger charge is 2.12. The molecule has 3 heterocycles. The van der Waals surface area contributed by atoms with Crippen LogP contribution in [0.1, 0.15) is 38.0 Å². The number of anilines is 2. The Hall–Kier alpha value is -2.67. The quantitative estimate of drug-likeness (QED) is 0.624. The van der Waals surface area contributed by atoms with Gasteiger partial charge in [0.2, 0.25) is 17.6 Å². The van der Waals surface area contributed by atoms with Crippen LogP contribution >= 0.6 is 11.3 Å². The Kier molecular flexibility index (Phi) is 6.01. The van der Waals surface area contributed by atoms with Crippen molar-refractivity contribution in [1.29, 1.82) is 0 Å². The first-order chi connectivity index (χ1) is 13.8. The molecule has 1 fully saturated rings. The number of hydrogen-bond donors (Lipinski definition) is 1. The van der Waals surface area contributed by atoms with Crippen molar-refractivity contribution < 1.29 is 9.32 Å². The Morgan fingerprint density at radius 3 is 2.71 bits per heavy atom. The van der Waals surface area contributed by atoms with E-state index in [-0.39, 0.29) is 5.91 Å². The van der Waals surface area contributed by atoms with E-state index >= 15 is 0 Å². The predicted octanol–water partition coefficient (Wildman–Crippen LogP) is 4.75. The summed E-state index contributed by atoms with van der Waals surface area (Å²) in [6.07, 6.45) is 5.53. The molecule has 0 atom stereocenters. The van der Waals surface area contributed by atoms with Crippen molar-refractivity contribution in [3.63, 3.8) is 0 Å². The number of nitrogens with zero attached hydrogens (tertiary/aromatic N) is 3. The van der Waals surface area contributed by atoms with E-state index < -0.39 is 0 Å². The van der Waals surface area contributed by atoms with Gasteiger partial charge in [-0.2, -0.15) is 4.98 Å². The number of rotatable bonds is 7. The lowest BCUT2D eigenvalue weighted by atomic mass is 10.1. The van der Waals surface area contributed by atoms with Crippen LogP contribution in [0.15, 0.2) is 46.3 Å². The van der Waals surface area contributed by atoms with E-state index in [1.165, 1.54) is 24.9 Å². The van der Waals surface area contributed by atoms with E-state index in [9.17, 15) is 4.79 Å². The third-order valence-corrected chi connectivity index (χ3v) is 5.74. The van der Waals surface area contributed by atoms with Gasteiger partial charge in [-0.25, -0.2) is 0 Å². The van der Waals surface area contributed by atoms with Crippen molar-refractivity contribution in [3.8, 4) is 10.7 Å². The Balaban J connectivity index is 1.22. The van der Waals surface area contributed by atoms with Gasteiger partial charge in [0.25, 0.3) is 0 Å². The first kappa shape index (κ1) is 18.7. The number of benzene rings is 1. The summed E-state index contributed by atoms with van der Waals surface area (Å²) >= 11 is 1.58. The molecule has 1 saturated heterocycles. The third-order valence-electron chi connectivity index (χ3n) is 4.88. The topological polar surface area (TPSA) is 71.3 Å². The minimum absolute atomic E-state index is 0.00344. The normalized spacial score (nSPS) is 14.2. The van der Waals surface area contributed by atoms with Crippen LogP contribution < -0.4 is 10.2 Å². The molecule has 6 nitrogen and oxygen atoms in total. The fraction of sp³-hybridized carbons (Fsp3) is 0.381. The summed E-state index contributed by atoms with van der Waals surface area (Å²) in [5.74, 6) is 1.19. The SMILES string of the molecule is O=C(CCCc1nc(-c2cccs2)no1)Nc1ccc(N2CCCCC2)cc1. The molecule has 1 aliphatic rings. The molecule has 1 aromatic carbocycles. The highest BCUT2D eigenvalue weighted by molar-refractivity contribution is 7.13. The van der Waals surface area contributed by atoms with Crippen LogP contribution in [0.25, 0.3) is 10.7 Å². The molecular formula is C21H24N4O2S. The summed E-state index contributed by atoms with van der Waals surface area (Å²) in [5.41, 5.74) is 2.07. The summed E-state index contributed by atoms with van der Waals surface area (Å²) in [4.78, 5) is 20.0. The molecule has 2 aromatic heterocycles. The number of aromatic nitrogens is 2. The second-order valence-electron chi connectivity index (χ2n) is 6.99. The molecule has 7 heteroatoms. The summed E-state index contributed by atoms with van der Waals surface area (Å²) in [5, 5.41) is 8.94. The van der Waals surface area contributed by atoms with Gasteiger partial charge in [-0.1, -0.05) is 11.2 Å². The molecule has 3 aromatic rings. The van der Waals surface area contributed by atoms with Crippen LogP contribution in [-0.4, -0.2) is 29.1 Å². The fourth-order valence-electron chi connectivity index (χ4n) is 3.39. The van der Waals surface area contributed by atoms with Crippen LogP contribution in [-0.2, 0) is 11.2 Å². The van der Waals surface area contributed by atoms with Gasteiger partial charge in [0, 0.05) is 37.3 Å². The van der Waals surface area contributed by atoms with E-state index in [0.29, 0.717) is 31.0 Å². The number of nitrogens with one attached hydrogen (secondary N) is 1. The van der Waals surface area contributed by atoms with Gasteiger partial charge in [-0.05, 0) is 61.4 Å². The number of hydrogen-bond acceptors (Lipinski definition) is 6. The first-order valence-corrected chi connectivity index (χ1v) is 10.7. The fourth-order valence-corrected chi connectivity index (χ4v) is 4.04. The predicted molar refractivity (Wildman–Crippen MR) is 112 cm³/mol. The van der Waals surface area contributed by atoms with Gasteiger partial charge in [0.1, 0.15) is 0 Å². The molecule has 0 saturated carbocycles. The standard InChI is InChI=1S/C21H24N4O2S/c26-19(7-4-8-20-23-21(24-27-20)18-6-5-15-28-18)22-16-9-11-17(12-10-16)25-13-2-1-3-14-25/h5-6,9-12,15H,1-4,7-8,13-14H2,(H,22,26). The number of carbonyl (C=O) groups is 1. The summed E-state index contributed by atoms with van der Waals surface area (Å²) in [7, 11) is 0. The first-order valence-electron chi connectivity index (χ1n) is 9.79. The Bertz CT molecular complexity index is 884. The summed E-state index contributed by atoms with van der Waals surface area (Å²) in [6, 6.07) is 12.1. The zero-order valence-corrected chi connectivity index (χ0v) is 16.6. The van der Waals surface area contributed by atoms with Crippen molar-refractivity contribution in [2.24, 2.45) is 0 Å². The highest BCUT2D eigenvalue weighted by Crippen LogP contribution is 2.23. The van der Waals surface area contributed by atoms with Crippen molar-refractivity contribution in [2.45, 2.75) is 38.5 Å². The van der Waals surface area contributed by atoms with Gasteiger partial charge >= 0.3 is 0 Å². The Morgan fingerprint density at radius 2 is 1.96 bits per heavy atom. The lowest BCUT2D eigenvalue weighted by molar-refractivity contribution is -0.116. The van der Waals surface area contributed by atoms with Crippen molar-refractivity contribution >= 4 is 28.6 Å². The van der Waals surface area contributed by atoms with Gasteiger partial charge in [-0.15, -0.1) is 11.3 Å². The maximum absolute atomic E-state index is 12.2. The van der Waals surface area contributed by atoms with E-state index in [2.05, 4.69) is 32.5 Å². The number of carbonyl (C=O) groups excluding carboxylic acids is 1. The van der Waals surface area contributed by atoms with Crippen LogP contribution in [0.4, 0.5) is 11.4 Å². The van der Waals surface area contributed by atoms with Gasteiger partial charge < -0.3 is 14.7 Å². The lowest BCUT2D eigenvalue weighted by Gasteiger charge is -2.28. The van der Waals surface area contributed by atoms with Crippen LogP contribution in [0, 0.1) is 0 Å². The molecule has 1 amide bonds. The van der Waals surface area contributed by atoms with Crippen molar-refractivity contribution in [3.05, 3.63) is 47.7 Å². The molecule has 0 spiro atoms. The monoisotopic (exact) mass is 396 g/mol. The van der Waals surface area contributed by atoms with E-state index in [1.807, 2.05) is 29.6 Å². The van der Waals surface area contributed by atoms with E-state index in [1.54, 1.807) is 11.3 Å². The second kappa shape index (κ2) is 9.01. The Labute approximate surface area is 168 Å². The minimum atomic E-state index is 0.00344. The van der Waals surface area contributed by atoms with Crippen molar-refractivity contribution in [2.75, 3.05) is 23.3 Å². The molecule has 0 aliphatic carbocycles. The zero-order valence-electron chi connectivity index (χ0n) is 15.8. The summed E-state index contributed by atoms with van der Waals surface area (Å²) in [6.45, 7) is 2.24. The average molecular weight is 397 g/mol. The molecule has 0 unspecified atom stereocenters. The van der Waals surface area contributed by atoms with Gasteiger partial charge in [-0.3, -0.25) is 4.79 Å². The smallest absolute Gasteiger partial charge is 0.226 e. The molecule has 0 radical (unpaired) electrons. The van der Waals surface area contributed by atoms with Gasteiger partial charge in [0.15, 0.2) is 0 Å². The third kappa shape index (κ3) is 4.78. The minimum Gasteiger partial charge on any atom is -0.372 e. The number of piperidine rings is 1. The van der Waals surface area contributed by atoms with Crippen LogP contribution in [0.3, 0.4) is 0 Å². The molecule has 4 rings (SSSR count). The molecule has 146 valence electrons. The lowest BCUT2D eigenvalue weighted by Crippen LogP contribution is -2.29. The zero-order chi connectivity index (χ0) is 19.2. The number of thiophene rings is 1. The van der Waals surface area contributed by atoms with Crippen LogP contribution in [0.2, 0.25) is 0 Å². The van der Waals surface area contributed by atoms with E-state index in [0.717, 1.165) is 23.7 Å². The summed E-state index contributed by atoms with van der Waals surface area (Å²) < 4.78 is 5.27. The number of amides is 1. The second-order valence-corrected chi connectivity index (χ2v) is 7.93. The maximum Gasteiger partial charge on any atom is 0.226 e. The average Bonchev–Trinajstić information content (AvgIpc) is 3.41. The largest absolute Gasteiger partial charge is 0.372 e. The maximum atomic E-state index is 12.2. The van der Waals surface area contributed by atoms with Crippen LogP contribution in [0.5, 0.6) is 0 Å². The highest BCUT2D eigenvalue weighted by atomic mass is 32.1. The van der Waals surface area contributed by atoms with E-state index in [4.69, 9.17) is 4.52 Å². The molecule has 1 aliphatic heterocycles. The number of aryl methyl sites for hydroxylation is 1. The van der Waals surface area contributed by atoms with Gasteiger partial charge in [0.05, 0.1) is 4.88 Å². The Morgan fingerprint density at radius 1 is 1.14 bits per heavy atom. The molecule has 28 heavy (non-hydrogen) atoms. The molecule has 0 bridgehead atoms. The molecular weight excluding hydrogens is 372 g/mol. The molecule has 1 N–H and O–H groups in total.